The van der Waals surface area contributed by atoms with Crippen LogP contribution in [0.4, 0.5) is 0 Å². The van der Waals surface area contributed by atoms with Gasteiger partial charge in [0, 0.05) is 25.4 Å². The molecule has 0 bridgehead atoms. The third-order valence-electron chi connectivity index (χ3n) is 5.29. The Kier molecular flexibility index (Phi) is 5.15. The van der Waals surface area contributed by atoms with Crippen LogP contribution in [0, 0.1) is 0 Å². The SMILES string of the molecule is CC(=O)N1CCC[C@@H]1C(=O)N(Cc1ccccc1)Cc1cc2ccccc2o1. The van der Waals surface area contributed by atoms with E-state index in [4.69, 9.17) is 4.42 Å². The Hall–Kier alpha value is -3.08. The molecule has 1 aromatic heterocycles. The maximum absolute atomic E-state index is 13.4. The molecule has 5 nitrogen and oxygen atoms in total. The van der Waals surface area contributed by atoms with Gasteiger partial charge in [0.05, 0.1) is 6.54 Å². The molecule has 1 saturated heterocycles. The summed E-state index contributed by atoms with van der Waals surface area (Å²) in [6.07, 6.45) is 1.57. The molecule has 5 heteroatoms. The van der Waals surface area contributed by atoms with Gasteiger partial charge in [-0.3, -0.25) is 9.59 Å². The Morgan fingerprint density at radius 1 is 1.07 bits per heavy atom. The Morgan fingerprint density at radius 3 is 2.57 bits per heavy atom. The lowest BCUT2D eigenvalue weighted by Gasteiger charge is -2.29. The minimum atomic E-state index is -0.384. The average molecular weight is 376 g/mol. The molecule has 0 aliphatic carbocycles. The quantitative estimate of drug-likeness (QED) is 0.677. The zero-order valence-corrected chi connectivity index (χ0v) is 16.0. The van der Waals surface area contributed by atoms with Crippen molar-refractivity contribution in [3.8, 4) is 0 Å². The van der Waals surface area contributed by atoms with Crippen molar-refractivity contribution in [1.29, 1.82) is 0 Å². The van der Waals surface area contributed by atoms with Gasteiger partial charge in [0.1, 0.15) is 17.4 Å². The van der Waals surface area contributed by atoms with Crippen molar-refractivity contribution < 1.29 is 14.0 Å². The number of rotatable bonds is 5. The van der Waals surface area contributed by atoms with E-state index in [0.717, 1.165) is 28.7 Å². The highest BCUT2D eigenvalue weighted by molar-refractivity contribution is 5.87. The summed E-state index contributed by atoms with van der Waals surface area (Å²) in [4.78, 5) is 28.8. The van der Waals surface area contributed by atoms with E-state index < -0.39 is 0 Å². The van der Waals surface area contributed by atoms with Crippen molar-refractivity contribution in [2.45, 2.75) is 38.9 Å². The number of carbonyl (C=O) groups is 2. The van der Waals surface area contributed by atoms with E-state index in [1.165, 1.54) is 6.92 Å². The molecule has 2 heterocycles. The van der Waals surface area contributed by atoms with Crippen molar-refractivity contribution in [1.82, 2.24) is 9.80 Å². The molecular weight excluding hydrogens is 352 g/mol. The molecular formula is C23H24N2O3. The molecule has 3 aromatic rings. The third kappa shape index (κ3) is 3.79. The molecule has 0 unspecified atom stereocenters. The highest BCUT2D eigenvalue weighted by Crippen LogP contribution is 2.24. The fourth-order valence-corrected chi connectivity index (χ4v) is 3.93. The smallest absolute Gasteiger partial charge is 0.246 e. The van der Waals surface area contributed by atoms with Crippen LogP contribution in [0.25, 0.3) is 11.0 Å². The number of carbonyl (C=O) groups excluding carboxylic acids is 2. The molecule has 0 saturated carbocycles. The van der Waals surface area contributed by atoms with Crippen LogP contribution in [0.2, 0.25) is 0 Å². The van der Waals surface area contributed by atoms with Crippen LogP contribution < -0.4 is 0 Å². The number of para-hydroxylation sites is 1. The number of amides is 2. The van der Waals surface area contributed by atoms with Gasteiger partial charge in [-0.05, 0) is 30.5 Å². The van der Waals surface area contributed by atoms with Gasteiger partial charge in [0.25, 0.3) is 0 Å². The minimum Gasteiger partial charge on any atom is -0.459 e. The molecule has 1 fully saturated rings. The van der Waals surface area contributed by atoms with Crippen molar-refractivity contribution in [2.24, 2.45) is 0 Å². The normalized spacial score (nSPS) is 16.5. The fraction of sp³-hybridized carbons (Fsp3) is 0.304. The summed E-state index contributed by atoms with van der Waals surface area (Å²) in [5, 5.41) is 1.02. The second kappa shape index (κ2) is 7.89. The monoisotopic (exact) mass is 376 g/mol. The summed E-state index contributed by atoms with van der Waals surface area (Å²) in [5.41, 5.74) is 1.87. The highest BCUT2D eigenvalue weighted by Gasteiger charge is 2.35. The first-order chi connectivity index (χ1) is 13.6. The van der Waals surface area contributed by atoms with Crippen LogP contribution in [0.3, 0.4) is 0 Å². The molecule has 2 amide bonds. The van der Waals surface area contributed by atoms with Gasteiger partial charge in [-0.1, -0.05) is 48.5 Å². The number of fused-ring (bicyclic) bond motifs is 1. The second-order valence-electron chi connectivity index (χ2n) is 7.30. The maximum Gasteiger partial charge on any atom is 0.246 e. The lowest BCUT2D eigenvalue weighted by atomic mass is 10.1. The van der Waals surface area contributed by atoms with Crippen LogP contribution in [-0.2, 0) is 22.7 Å². The Morgan fingerprint density at radius 2 is 1.82 bits per heavy atom. The highest BCUT2D eigenvalue weighted by atomic mass is 16.3. The Balaban J connectivity index is 1.61. The lowest BCUT2D eigenvalue weighted by molar-refractivity contribution is -0.143. The molecule has 0 N–H and O–H groups in total. The Bertz CT molecular complexity index is 947. The largest absolute Gasteiger partial charge is 0.459 e. The van der Waals surface area contributed by atoms with Gasteiger partial charge in [-0.15, -0.1) is 0 Å². The summed E-state index contributed by atoms with van der Waals surface area (Å²) in [7, 11) is 0. The van der Waals surface area contributed by atoms with Crippen LogP contribution in [0.15, 0.2) is 65.1 Å². The third-order valence-corrected chi connectivity index (χ3v) is 5.29. The molecule has 4 rings (SSSR count). The molecule has 28 heavy (non-hydrogen) atoms. The zero-order chi connectivity index (χ0) is 19.5. The van der Waals surface area contributed by atoms with E-state index in [2.05, 4.69) is 0 Å². The summed E-state index contributed by atoms with van der Waals surface area (Å²) in [6.45, 7) is 3.05. The first kappa shape index (κ1) is 18.3. The fourth-order valence-electron chi connectivity index (χ4n) is 3.93. The molecule has 144 valence electrons. The van der Waals surface area contributed by atoms with Gasteiger partial charge >= 0.3 is 0 Å². The van der Waals surface area contributed by atoms with Crippen molar-refractivity contribution in [3.05, 3.63) is 72.0 Å². The minimum absolute atomic E-state index is 0.0167. The first-order valence-electron chi connectivity index (χ1n) is 9.69. The first-order valence-corrected chi connectivity index (χ1v) is 9.69. The standard InChI is InChI=1S/C23H24N2O3/c1-17(26)25-13-7-11-21(25)23(27)24(15-18-8-3-2-4-9-18)16-20-14-19-10-5-6-12-22(19)28-20/h2-6,8-10,12,14,21H,7,11,13,15-16H2,1H3/t21-/m1/s1. The van der Waals surface area contributed by atoms with Crippen LogP contribution in [0.1, 0.15) is 31.1 Å². The molecule has 1 atom stereocenters. The van der Waals surface area contributed by atoms with E-state index >= 15 is 0 Å². The Labute approximate surface area is 164 Å². The summed E-state index contributed by atoms with van der Waals surface area (Å²) in [5.74, 6) is 0.689. The van der Waals surface area contributed by atoms with Crippen LogP contribution in [0.5, 0.6) is 0 Å². The topological polar surface area (TPSA) is 53.8 Å². The predicted molar refractivity (Wildman–Crippen MR) is 107 cm³/mol. The molecule has 2 aromatic carbocycles. The van der Waals surface area contributed by atoms with Crippen molar-refractivity contribution in [3.63, 3.8) is 0 Å². The lowest BCUT2D eigenvalue weighted by Crippen LogP contribution is -2.46. The van der Waals surface area contributed by atoms with E-state index in [0.29, 0.717) is 26.1 Å². The number of furan rings is 1. The van der Waals surface area contributed by atoms with Crippen LogP contribution in [-0.4, -0.2) is 34.2 Å². The molecule has 1 aliphatic rings. The van der Waals surface area contributed by atoms with Crippen LogP contribution >= 0.6 is 0 Å². The van der Waals surface area contributed by atoms with Gasteiger partial charge in [0.15, 0.2) is 0 Å². The van der Waals surface area contributed by atoms with E-state index in [9.17, 15) is 9.59 Å². The number of hydrogen-bond acceptors (Lipinski definition) is 3. The summed E-state index contributed by atoms with van der Waals surface area (Å²) >= 11 is 0. The number of benzene rings is 2. The second-order valence-corrected chi connectivity index (χ2v) is 7.30. The molecule has 1 aliphatic heterocycles. The molecule has 0 spiro atoms. The van der Waals surface area contributed by atoms with Gasteiger partial charge < -0.3 is 14.2 Å². The maximum atomic E-state index is 13.4. The summed E-state index contributed by atoms with van der Waals surface area (Å²) in [6, 6.07) is 19.4. The van der Waals surface area contributed by atoms with E-state index in [1.807, 2.05) is 60.7 Å². The van der Waals surface area contributed by atoms with E-state index in [-0.39, 0.29) is 17.9 Å². The van der Waals surface area contributed by atoms with Gasteiger partial charge in [0.2, 0.25) is 11.8 Å². The van der Waals surface area contributed by atoms with Crippen molar-refractivity contribution >= 4 is 22.8 Å². The van der Waals surface area contributed by atoms with Gasteiger partial charge in [-0.2, -0.15) is 0 Å². The van der Waals surface area contributed by atoms with E-state index in [1.54, 1.807) is 9.80 Å². The number of likely N-dealkylation sites (tertiary alicyclic amines) is 1. The summed E-state index contributed by atoms with van der Waals surface area (Å²) < 4.78 is 5.95. The average Bonchev–Trinajstić information content (AvgIpc) is 3.34. The number of hydrogen-bond donors (Lipinski definition) is 0. The number of nitrogens with zero attached hydrogens (tertiary/aromatic N) is 2. The molecule has 0 radical (unpaired) electrons. The van der Waals surface area contributed by atoms with Gasteiger partial charge in [-0.25, -0.2) is 0 Å². The zero-order valence-electron chi connectivity index (χ0n) is 16.0. The van der Waals surface area contributed by atoms with Crippen molar-refractivity contribution in [2.75, 3.05) is 6.54 Å². The predicted octanol–water partition coefficient (Wildman–Crippen LogP) is 3.97.